The van der Waals surface area contributed by atoms with Gasteiger partial charge in [-0.1, -0.05) is 5.21 Å². The molecule has 0 spiro atoms. The fraction of sp³-hybridized carbons (Fsp3) is 0.412. The summed E-state index contributed by atoms with van der Waals surface area (Å²) in [5.41, 5.74) is 4.61. The molecule has 0 N–H and O–H groups in total. The summed E-state index contributed by atoms with van der Waals surface area (Å²) in [6.07, 6.45) is 5.46. The minimum Gasteiger partial charge on any atom is -0.336 e. The Kier molecular flexibility index (Phi) is 3.16. The number of hydrogen-bond donors (Lipinski definition) is 0. The van der Waals surface area contributed by atoms with Crippen LogP contribution in [0, 0.1) is 0 Å². The average Bonchev–Trinajstić information content (AvgIpc) is 3.06. The first-order chi connectivity index (χ1) is 11.8. The van der Waals surface area contributed by atoms with Crippen LogP contribution in [0.1, 0.15) is 47.3 Å². The molecule has 6 nitrogen and oxygen atoms in total. The van der Waals surface area contributed by atoms with Crippen molar-refractivity contribution in [3.63, 3.8) is 0 Å². The molecule has 0 bridgehead atoms. The lowest BCUT2D eigenvalue weighted by Gasteiger charge is -2.16. The molecule has 1 aliphatic heterocycles. The van der Waals surface area contributed by atoms with E-state index in [1.165, 1.54) is 12.8 Å². The molecule has 1 amide bonds. The van der Waals surface area contributed by atoms with E-state index in [0.717, 1.165) is 34.4 Å². The molecule has 0 radical (unpaired) electrons. The van der Waals surface area contributed by atoms with Crippen molar-refractivity contribution in [2.75, 3.05) is 13.1 Å². The first-order valence-electron chi connectivity index (χ1n) is 8.32. The summed E-state index contributed by atoms with van der Waals surface area (Å²) in [6.45, 7) is 1.47. The number of thiazole rings is 1. The topological polar surface area (TPSA) is 63.9 Å². The summed E-state index contributed by atoms with van der Waals surface area (Å²) in [6, 6.07) is 5.98. The van der Waals surface area contributed by atoms with Crippen molar-refractivity contribution in [3.05, 3.63) is 41.2 Å². The van der Waals surface area contributed by atoms with Crippen LogP contribution in [0.5, 0.6) is 0 Å². The van der Waals surface area contributed by atoms with E-state index in [9.17, 15) is 4.79 Å². The second-order valence-corrected chi connectivity index (χ2v) is 7.51. The monoisotopic (exact) mass is 339 g/mol. The number of aromatic nitrogens is 4. The van der Waals surface area contributed by atoms with Gasteiger partial charge in [0.15, 0.2) is 0 Å². The van der Waals surface area contributed by atoms with Gasteiger partial charge >= 0.3 is 0 Å². The standard InChI is InChI=1S/C17H17N5OS/c23-17(12-3-4-14-16(7-12)24-10-18-14)21-6-5-13(8-21)22-9-15(19-20-22)11-1-2-11/h3-4,7,9-11,13H,1-2,5-6,8H2/t13-/m0/s1. The van der Waals surface area contributed by atoms with Gasteiger partial charge in [-0.25, -0.2) is 9.67 Å². The molecule has 122 valence electrons. The maximum atomic E-state index is 12.8. The van der Waals surface area contributed by atoms with Crippen LogP contribution in [0.15, 0.2) is 29.9 Å². The average molecular weight is 339 g/mol. The van der Waals surface area contributed by atoms with E-state index in [4.69, 9.17) is 0 Å². The molecule has 1 aromatic carbocycles. The van der Waals surface area contributed by atoms with Gasteiger partial charge in [0.2, 0.25) is 0 Å². The van der Waals surface area contributed by atoms with Gasteiger partial charge in [0.25, 0.3) is 5.91 Å². The van der Waals surface area contributed by atoms with Gasteiger partial charge in [0, 0.05) is 30.8 Å². The van der Waals surface area contributed by atoms with Gasteiger partial charge in [-0.15, -0.1) is 16.4 Å². The fourth-order valence-electron chi connectivity index (χ4n) is 3.35. The van der Waals surface area contributed by atoms with Gasteiger partial charge in [-0.3, -0.25) is 4.79 Å². The van der Waals surface area contributed by atoms with Crippen molar-refractivity contribution in [1.29, 1.82) is 0 Å². The second kappa shape index (κ2) is 5.37. The zero-order chi connectivity index (χ0) is 16.1. The Hall–Kier alpha value is -2.28. The zero-order valence-corrected chi connectivity index (χ0v) is 13.9. The molecular formula is C17H17N5OS. The third kappa shape index (κ3) is 2.39. The highest BCUT2D eigenvalue weighted by Gasteiger charge is 2.31. The lowest BCUT2D eigenvalue weighted by atomic mass is 10.2. The number of carbonyl (C=O) groups excluding carboxylic acids is 1. The summed E-state index contributed by atoms with van der Waals surface area (Å²) in [4.78, 5) is 19.0. The van der Waals surface area contributed by atoms with Gasteiger partial charge in [-0.2, -0.15) is 0 Å². The molecule has 5 rings (SSSR count). The van der Waals surface area contributed by atoms with Gasteiger partial charge < -0.3 is 4.90 Å². The maximum Gasteiger partial charge on any atom is 0.253 e. The highest BCUT2D eigenvalue weighted by atomic mass is 32.1. The second-order valence-electron chi connectivity index (χ2n) is 6.63. The number of likely N-dealkylation sites (tertiary alicyclic amines) is 1. The zero-order valence-electron chi connectivity index (χ0n) is 13.1. The van der Waals surface area contributed by atoms with E-state index in [0.29, 0.717) is 12.5 Å². The molecule has 1 aliphatic carbocycles. The van der Waals surface area contributed by atoms with E-state index < -0.39 is 0 Å². The van der Waals surface area contributed by atoms with Crippen molar-refractivity contribution in [1.82, 2.24) is 24.9 Å². The molecule has 2 fully saturated rings. The molecule has 2 aliphatic rings. The number of nitrogens with zero attached hydrogens (tertiary/aromatic N) is 5. The summed E-state index contributed by atoms with van der Waals surface area (Å²) >= 11 is 1.57. The fourth-order valence-corrected chi connectivity index (χ4v) is 4.06. The Bertz CT molecular complexity index is 912. The van der Waals surface area contributed by atoms with E-state index in [-0.39, 0.29) is 11.9 Å². The lowest BCUT2D eigenvalue weighted by molar-refractivity contribution is 0.0787. The minimum absolute atomic E-state index is 0.0929. The highest BCUT2D eigenvalue weighted by molar-refractivity contribution is 7.16. The molecular weight excluding hydrogens is 322 g/mol. The number of hydrogen-bond acceptors (Lipinski definition) is 5. The number of carbonyl (C=O) groups is 1. The predicted octanol–water partition coefficient (Wildman–Crippen LogP) is 2.85. The molecule has 7 heteroatoms. The van der Waals surface area contributed by atoms with Gasteiger partial charge in [0.1, 0.15) is 0 Å². The van der Waals surface area contributed by atoms with Gasteiger partial charge in [-0.05, 0) is 37.5 Å². The normalized spacial score (nSPS) is 20.8. The molecule has 3 heterocycles. The number of amides is 1. The van der Waals surface area contributed by atoms with E-state index in [2.05, 4.69) is 21.5 Å². The Morgan fingerprint density at radius 1 is 1.25 bits per heavy atom. The summed E-state index contributed by atoms with van der Waals surface area (Å²) in [5, 5.41) is 8.57. The van der Waals surface area contributed by atoms with Crippen LogP contribution < -0.4 is 0 Å². The third-order valence-electron chi connectivity index (χ3n) is 4.93. The number of benzene rings is 1. The molecule has 24 heavy (non-hydrogen) atoms. The minimum atomic E-state index is 0.0929. The highest BCUT2D eigenvalue weighted by Crippen LogP contribution is 2.39. The molecule has 1 saturated carbocycles. The molecule has 1 saturated heterocycles. The SMILES string of the molecule is O=C(c1ccc2ncsc2c1)N1CC[C@H](n2cc(C3CC3)nn2)C1. The summed E-state index contributed by atoms with van der Waals surface area (Å²) < 4.78 is 3.01. The van der Waals surface area contributed by atoms with E-state index in [1.54, 1.807) is 11.3 Å². The van der Waals surface area contributed by atoms with Crippen molar-refractivity contribution in [2.45, 2.75) is 31.2 Å². The quantitative estimate of drug-likeness (QED) is 0.736. The Balaban J connectivity index is 1.32. The van der Waals surface area contributed by atoms with Gasteiger partial charge in [0.05, 0.1) is 27.5 Å². The first-order valence-corrected chi connectivity index (χ1v) is 9.20. The van der Waals surface area contributed by atoms with Crippen LogP contribution in [0.2, 0.25) is 0 Å². The summed E-state index contributed by atoms with van der Waals surface area (Å²) in [5.74, 6) is 0.708. The van der Waals surface area contributed by atoms with Crippen LogP contribution >= 0.6 is 11.3 Å². The number of fused-ring (bicyclic) bond motifs is 1. The lowest BCUT2D eigenvalue weighted by Crippen LogP contribution is -2.29. The largest absolute Gasteiger partial charge is 0.336 e. The Morgan fingerprint density at radius 2 is 2.17 bits per heavy atom. The Morgan fingerprint density at radius 3 is 3.04 bits per heavy atom. The van der Waals surface area contributed by atoms with Crippen LogP contribution in [0.3, 0.4) is 0 Å². The van der Waals surface area contributed by atoms with Crippen molar-refractivity contribution in [2.24, 2.45) is 0 Å². The van der Waals surface area contributed by atoms with Crippen LogP contribution in [0.4, 0.5) is 0 Å². The van der Waals surface area contributed by atoms with E-state index in [1.807, 2.05) is 33.3 Å². The first kappa shape index (κ1) is 14.1. The van der Waals surface area contributed by atoms with Crippen LogP contribution in [-0.4, -0.2) is 43.9 Å². The smallest absolute Gasteiger partial charge is 0.253 e. The molecule has 3 aromatic rings. The summed E-state index contributed by atoms with van der Waals surface area (Å²) in [7, 11) is 0. The Labute approximate surface area is 143 Å². The van der Waals surface area contributed by atoms with Crippen LogP contribution in [0.25, 0.3) is 10.2 Å². The maximum absolute atomic E-state index is 12.8. The van der Waals surface area contributed by atoms with Crippen molar-refractivity contribution < 1.29 is 4.79 Å². The molecule has 0 unspecified atom stereocenters. The van der Waals surface area contributed by atoms with Crippen molar-refractivity contribution in [3.8, 4) is 0 Å². The van der Waals surface area contributed by atoms with Crippen molar-refractivity contribution >= 4 is 27.5 Å². The predicted molar refractivity (Wildman–Crippen MR) is 91.2 cm³/mol. The third-order valence-corrected chi connectivity index (χ3v) is 5.72. The molecule has 1 atom stereocenters. The van der Waals surface area contributed by atoms with E-state index >= 15 is 0 Å². The molecule has 2 aromatic heterocycles. The number of rotatable bonds is 3. The van der Waals surface area contributed by atoms with Crippen LogP contribution in [-0.2, 0) is 0 Å².